The molecule has 0 saturated heterocycles. The number of carbonyl (C=O) groups excluding carboxylic acids is 1. The molecular formula is C12H27N3O. The molecule has 0 aliphatic heterocycles. The van der Waals surface area contributed by atoms with Crippen molar-refractivity contribution in [1.29, 1.82) is 0 Å². The normalized spacial score (nSPS) is 11.1. The Morgan fingerprint density at radius 1 is 1.31 bits per heavy atom. The standard InChI is InChI=1S/C12H27N3O/c1-5-15(4)10-9-14-12(16)7-6-8-13-11(2)3/h11,13H,5-10H2,1-4H3,(H,14,16). The van der Waals surface area contributed by atoms with E-state index in [1.807, 2.05) is 0 Å². The van der Waals surface area contributed by atoms with Crippen molar-refractivity contribution >= 4 is 5.91 Å². The molecule has 4 heteroatoms. The maximum absolute atomic E-state index is 11.4. The summed E-state index contributed by atoms with van der Waals surface area (Å²) in [6, 6.07) is 0.501. The van der Waals surface area contributed by atoms with Gasteiger partial charge in [0, 0.05) is 25.6 Å². The number of hydrogen-bond donors (Lipinski definition) is 2. The van der Waals surface area contributed by atoms with Crippen LogP contribution in [0.3, 0.4) is 0 Å². The zero-order valence-electron chi connectivity index (χ0n) is 11.2. The van der Waals surface area contributed by atoms with Gasteiger partial charge in [0.1, 0.15) is 0 Å². The molecule has 0 aromatic heterocycles. The molecule has 0 unspecified atom stereocenters. The van der Waals surface area contributed by atoms with E-state index in [4.69, 9.17) is 0 Å². The molecule has 96 valence electrons. The van der Waals surface area contributed by atoms with Gasteiger partial charge in [0.25, 0.3) is 0 Å². The Labute approximate surface area is 99.8 Å². The van der Waals surface area contributed by atoms with E-state index in [2.05, 4.69) is 43.4 Å². The first kappa shape index (κ1) is 15.4. The first-order chi connectivity index (χ1) is 7.56. The highest BCUT2D eigenvalue weighted by Gasteiger charge is 2.01. The number of hydrogen-bond acceptors (Lipinski definition) is 3. The second-order valence-corrected chi connectivity index (χ2v) is 4.46. The minimum Gasteiger partial charge on any atom is -0.355 e. The Kier molecular flexibility index (Phi) is 9.24. The molecule has 0 aliphatic carbocycles. The third kappa shape index (κ3) is 9.93. The summed E-state index contributed by atoms with van der Waals surface area (Å²) in [6.45, 7) is 9.95. The lowest BCUT2D eigenvalue weighted by atomic mass is 10.2. The van der Waals surface area contributed by atoms with Crippen LogP contribution in [-0.4, -0.2) is 50.1 Å². The van der Waals surface area contributed by atoms with Gasteiger partial charge >= 0.3 is 0 Å². The Balaban J connectivity index is 3.31. The molecule has 0 fully saturated rings. The largest absolute Gasteiger partial charge is 0.355 e. The van der Waals surface area contributed by atoms with E-state index in [0.717, 1.165) is 32.6 Å². The summed E-state index contributed by atoms with van der Waals surface area (Å²) in [4.78, 5) is 13.6. The van der Waals surface area contributed by atoms with Gasteiger partial charge in [-0.1, -0.05) is 20.8 Å². The van der Waals surface area contributed by atoms with Crippen LogP contribution in [0.4, 0.5) is 0 Å². The molecule has 2 N–H and O–H groups in total. The molecule has 1 amide bonds. The lowest BCUT2D eigenvalue weighted by molar-refractivity contribution is -0.121. The predicted molar refractivity (Wildman–Crippen MR) is 68.6 cm³/mol. The summed E-state index contributed by atoms with van der Waals surface area (Å²) in [5.74, 6) is 0.162. The zero-order chi connectivity index (χ0) is 12.4. The molecule has 0 aliphatic rings. The number of carbonyl (C=O) groups is 1. The van der Waals surface area contributed by atoms with E-state index >= 15 is 0 Å². The average Bonchev–Trinajstić information content (AvgIpc) is 2.24. The molecule has 0 spiro atoms. The molecule has 0 atom stereocenters. The first-order valence-electron chi connectivity index (χ1n) is 6.24. The third-order valence-electron chi connectivity index (χ3n) is 2.49. The van der Waals surface area contributed by atoms with Crippen LogP contribution in [0, 0.1) is 0 Å². The SMILES string of the molecule is CCN(C)CCNC(=O)CCCNC(C)C. The van der Waals surface area contributed by atoms with E-state index < -0.39 is 0 Å². The van der Waals surface area contributed by atoms with Gasteiger partial charge < -0.3 is 15.5 Å². The van der Waals surface area contributed by atoms with Crippen LogP contribution in [0.25, 0.3) is 0 Å². The van der Waals surface area contributed by atoms with Crippen molar-refractivity contribution in [3.63, 3.8) is 0 Å². The van der Waals surface area contributed by atoms with Crippen LogP contribution in [0.2, 0.25) is 0 Å². The summed E-state index contributed by atoms with van der Waals surface area (Å²) in [5.41, 5.74) is 0. The van der Waals surface area contributed by atoms with E-state index in [9.17, 15) is 4.79 Å². The number of rotatable bonds is 9. The van der Waals surface area contributed by atoms with Gasteiger partial charge in [0.2, 0.25) is 5.91 Å². The van der Waals surface area contributed by atoms with Crippen molar-refractivity contribution in [2.75, 3.05) is 33.2 Å². The van der Waals surface area contributed by atoms with Crippen molar-refractivity contribution in [2.24, 2.45) is 0 Å². The van der Waals surface area contributed by atoms with Gasteiger partial charge in [0.05, 0.1) is 0 Å². The summed E-state index contributed by atoms with van der Waals surface area (Å²) >= 11 is 0. The molecular weight excluding hydrogens is 202 g/mol. The molecule has 0 bridgehead atoms. The van der Waals surface area contributed by atoms with Crippen LogP contribution in [0.15, 0.2) is 0 Å². The second kappa shape index (κ2) is 9.60. The molecule has 0 rings (SSSR count). The highest BCUT2D eigenvalue weighted by atomic mass is 16.1. The Morgan fingerprint density at radius 3 is 2.56 bits per heavy atom. The Bertz CT molecular complexity index is 183. The quantitative estimate of drug-likeness (QED) is 0.576. The summed E-state index contributed by atoms with van der Waals surface area (Å²) in [7, 11) is 2.05. The maximum Gasteiger partial charge on any atom is 0.220 e. The lowest BCUT2D eigenvalue weighted by Gasteiger charge is -2.14. The van der Waals surface area contributed by atoms with Crippen molar-refractivity contribution in [2.45, 2.75) is 39.7 Å². The number of nitrogens with one attached hydrogen (secondary N) is 2. The van der Waals surface area contributed by atoms with Crippen LogP contribution >= 0.6 is 0 Å². The minimum atomic E-state index is 0.162. The molecule has 0 aromatic rings. The fraction of sp³-hybridized carbons (Fsp3) is 0.917. The molecule has 0 radical (unpaired) electrons. The maximum atomic E-state index is 11.4. The van der Waals surface area contributed by atoms with Crippen molar-refractivity contribution < 1.29 is 4.79 Å². The molecule has 0 heterocycles. The topological polar surface area (TPSA) is 44.4 Å². The third-order valence-corrected chi connectivity index (χ3v) is 2.49. The van der Waals surface area contributed by atoms with E-state index in [-0.39, 0.29) is 5.91 Å². The van der Waals surface area contributed by atoms with Gasteiger partial charge in [0.15, 0.2) is 0 Å². The number of nitrogens with zero attached hydrogens (tertiary/aromatic N) is 1. The second-order valence-electron chi connectivity index (χ2n) is 4.46. The van der Waals surface area contributed by atoms with Gasteiger partial charge in [-0.25, -0.2) is 0 Å². The fourth-order valence-corrected chi connectivity index (χ4v) is 1.27. The van der Waals surface area contributed by atoms with Gasteiger partial charge in [-0.15, -0.1) is 0 Å². The minimum absolute atomic E-state index is 0.162. The summed E-state index contributed by atoms with van der Waals surface area (Å²) < 4.78 is 0. The lowest BCUT2D eigenvalue weighted by Crippen LogP contribution is -2.33. The Hall–Kier alpha value is -0.610. The monoisotopic (exact) mass is 229 g/mol. The van der Waals surface area contributed by atoms with E-state index in [0.29, 0.717) is 12.5 Å². The fourth-order valence-electron chi connectivity index (χ4n) is 1.27. The van der Waals surface area contributed by atoms with Crippen molar-refractivity contribution in [1.82, 2.24) is 15.5 Å². The molecule has 0 aromatic carbocycles. The number of likely N-dealkylation sites (N-methyl/N-ethyl adjacent to an activating group) is 1. The van der Waals surface area contributed by atoms with Gasteiger partial charge in [-0.05, 0) is 26.6 Å². The van der Waals surface area contributed by atoms with Gasteiger partial charge in [-0.3, -0.25) is 4.79 Å². The van der Waals surface area contributed by atoms with Crippen LogP contribution in [0.1, 0.15) is 33.6 Å². The van der Waals surface area contributed by atoms with Crippen molar-refractivity contribution in [3.8, 4) is 0 Å². The van der Waals surface area contributed by atoms with E-state index in [1.54, 1.807) is 0 Å². The predicted octanol–water partition coefficient (Wildman–Crippen LogP) is 0.833. The molecule has 0 saturated carbocycles. The molecule has 4 nitrogen and oxygen atoms in total. The highest BCUT2D eigenvalue weighted by molar-refractivity contribution is 5.75. The Morgan fingerprint density at radius 2 is 2.00 bits per heavy atom. The van der Waals surface area contributed by atoms with Crippen LogP contribution in [-0.2, 0) is 4.79 Å². The van der Waals surface area contributed by atoms with Crippen molar-refractivity contribution in [3.05, 3.63) is 0 Å². The van der Waals surface area contributed by atoms with Crippen LogP contribution < -0.4 is 10.6 Å². The van der Waals surface area contributed by atoms with E-state index in [1.165, 1.54) is 0 Å². The highest BCUT2D eigenvalue weighted by Crippen LogP contribution is 1.88. The summed E-state index contributed by atoms with van der Waals surface area (Å²) in [5, 5.41) is 6.22. The number of amides is 1. The van der Waals surface area contributed by atoms with Crippen LogP contribution in [0.5, 0.6) is 0 Å². The first-order valence-corrected chi connectivity index (χ1v) is 6.24. The smallest absolute Gasteiger partial charge is 0.220 e. The zero-order valence-corrected chi connectivity index (χ0v) is 11.2. The van der Waals surface area contributed by atoms with Gasteiger partial charge in [-0.2, -0.15) is 0 Å². The average molecular weight is 229 g/mol. The summed E-state index contributed by atoms with van der Waals surface area (Å²) in [6.07, 6.45) is 1.53. The molecule has 16 heavy (non-hydrogen) atoms.